The van der Waals surface area contributed by atoms with Crippen molar-refractivity contribution in [2.45, 2.75) is 25.4 Å². The van der Waals surface area contributed by atoms with E-state index in [1.54, 1.807) is 12.3 Å². The maximum atomic E-state index is 5.67. The van der Waals surface area contributed by atoms with Crippen LogP contribution in [-0.4, -0.2) is 23.7 Å². The van der Waals surface area contributed by atoms with Gasteiger partial charge in [-0.2, -0.15) is 0 Å². The normalized spacial score (nSPS) is 25.4. The van der Waals surface area contributed by atoms with E-state index in [1.807, 2.05) is 6.07 Å². The number of ether oxygens (including phenoxy) is 1. The maximum absolute atomic E-state index is 5.67. The van der Waals surface area contributed by atoms with Crippen molar-refractivity contribution < 1.29 is 4.74 Å². The third kappa shape index (κ3) is 2.59. The zero-order valence-electron chi connectivity index (χ0n) is 8.99. The molecule has 0 aliphatic carbocycles. The molecule has 1 fully saturated rings. The molecule has 1 unspecified atom stereocenters. The molecule has 1 aliphatic rings. The minimum absolute atomic E-state index is 0.0493. The van der Waals surface area contributed by atoms with Gasteiger partial charge in [0.05, 0.1) is 5.60 Å². The van der Waals surface area contributed by atoms with E-state index in [4.69, 9.17) is 10.5 Å². The molecule has 0 saturated carbocycles. The lowest BCUT2D eigenvalue weighted by atomic mass is 10.0. The van der Waals surface area contributed by atoms with Gasteiger partial charge in [0.25, 0.3) is 0 Å². The average Bonchev–Trinajstić information content (AvgIpc) is 2.63. The summed E-state index contributed by atoms with van der Waals surface area (Å²) in [5.41, 5.74) is 6.34. The second kappa shape index (κ2) is 4.06. The Balaban J connectivity index is 1.92. The fourth-order valence-electron chi connectivity index (χ4n) is 1.80. The number of hydrogen-bond donors (Lipinski definition) is 2. The molecule has 3 N–H and O–H groups in total. The van der Waals surface area contributed by atoms with Gasteiger partial charge in [-0.25, -0.2) is 4.98 Å². The minimum atomic E-state index is -0.0493. The van der Waals surface area contributed by atoms with Crippen molar-refractivity contribution in [2.24, 2.45) is 0 Å². The first-order chi connectivity index (χ1) is 7.18. The molecule has 2 heterocycles. The Hall–Kier alpha value is -1.29. The Morgan fingerprint density at radius 3 is 3.20 bits per heavy atom. The van der Waals surface area contributed by atoms with Gasteiger partial charge in [-0.3, -0.25) is 0 Å². The smallest absolute Gasteiger partial charge is 0.128 e. The highest BCUT2D eigenvalue weighted by Crippen LogP contribution is 2.25. The number of nitrogen functional groups attached to an aromatic ring is 1. The summed E-state index contributed by atoms with van der Waals surface area (Å²) in [7, 11) is 0. The van der Waals surface area contributed by atoms with Crippen LogP contribution in [0.5, 0.6) is 0 Å². The van der Waals surface area contributed by atoms with Gasteiger partial charge in [0.1, 0.15) is 5.82 Å². The van der Waals surface area contributed by atoms with Gasteiger partial charge < -0.3 is 15.8 Å². The second-order valence-electron chi connectivity index (χ2n) is 4.23. The van der Waals surface area contributed by atoms with E-state index in [9.17, 15) is 0 Å². The molecule has 4 nitrogen and oxygen atoms in total. The molecule has 0 radical (unpaired) electrons. The number of nitrogens with two attached hydrogens (primary N) is 1. The van der Waals surface area contributed by atoms with Gasteiger partial charge in [-0.05, 0) is 25.8 Å². The Morgan fingerprint density at radius 1 is 1.67 bits per heavy atom. The zero-order chi connectivity index (χ0) is 10.7. The monoisotopic (exact) mass is 207 g/mol. The number of nitrogens with one attached hydrogen (secondary N) is 1. The predicted octanol–water partition coefficient (Wildman–Crippen LogP) is 1.64. The second-order valence-corrected chi connectivity index (χ2v) is 4.23. The largest absolute Gasteiger partial charge is 0.399 e. The van der Waals surface area contributed by atoms with Gasteiger partial charge in [0, 0.05) is 31.1 Å². The Bertz CT molecular complexity index is 334. The van der Waals surface area contributed by atoms with Crippen molar-refractivity contribution in [3.63, 3.8) is 0 Å². The maximum Gasteiger partial charge on any atom is 0.128 e. The molecule has 1 atom stereocenters. The van der Waals surface area contributed by atoms with Crippen molar-refractivity contribution in [3.8, 4) is 0 Å². The number of hydrogen-bond acceptors (Lipinski definition) is 4. The highest BCUT2D eigenvalue weighted by molar-refractivity contribution is 5.48. The zero-order valence-corrected chi connectivity index (χ0v) is 8.99. The van der Waals surface area contributed by atoms with Gasteiger partial charge in [-0.15, -0.1) is 0 Å². The Morgan fingerprint density at radius 2 is 2.53 bits per heavy atom. The SMILES string of the molecule is CC1(CNc2cc(N)ccn2)CCCO1. The van der Waals surface area contributed by atoms with E-state index < -0.39 is 0 Å². The van der Waals surface area contributed by atoms with Crippen LogP contribution in [0.15, 0.2) is 18.3 Å². The van der Waals surface area contributed by atoms with Crippen molar-refractivity contribution in [1.82, 2.24) is 4.98 Å². The molecular formula is C11H17N3O. The molecular weight excluding hydrogens is 190 g/mol. The number of nitrogens with zero attached hydrogens (tertiary/aromatic N) is 1. The van der Waals surface area contributed by atoms with Crippen LogP contribution < -0.4 is 11.1 Å². The van der Waals surface area contributed by atoms with Gasteiger partial charge in [-0.1, -0.05) is 0 Å². The molecule has 4 heteroatoms. The summed E-state index contributed by atoms with van der Waals surface area (Å²) in [5.74, 6) is 0.812. The summed E-state index contributed by atoms with van der Waals surface area (Å²) in [5, 5.41) is 3.25. The first-order valence-corrected chi connectivity index (χ1v) is 5.27. The van der Waals surface area contributed by atoms with E-state index in [0.717, 1.165) is 37.5 Å². The van der Waals surface area contributed by atoms with Crippen LogP contribution >= 0.6 is 0 Å². The van der Waals surface area contributed by atoms with Crippen molar-refractivity contribution >= 4 is 11.5 Å². The minimum Gasteiger partial charge on any atom is -0.399 e. The Labute approximate surface area is 89.8 Å². The fraction of sp³-hybridized carbons (Fsp3) is 0.545. The topological polar surface area (TPSA) is 60.2 Å². The Kier molecular flexibility index (Phi) is 2.77. The van der Waals surface area contributed by atoms with Crippen molar-refractivity contribution in [2.75, 3.05) is 24.2 Å². The quantitative estimate of drug-likeness (QED) is 0.791. The van der Waals surface area contributed by atoms with Crippen LogP contribution in [0.3, 0.4) is 0 Å². The molecule has 0 amide bonds. The molecule has 15 heavy (non-hydrogen) atoms. The van der Waals surface area contributed by atoms with E-state index in [1.165, 1.54) is 0 Å². The van der Waals surface area contributed by atoms with E-state index in [2.05, 4.69) is 17.2 Å². The molecule has 1 aromatic rings. The lowest BCUT2D eigenvalue weighted by Crippen LogP contribution is -2.32. The highest BCUT2D eigenvalue weighted by Gasteiger charge is 2.29. The molecule has 2 rings (SSSR count). The summed E-state index contributed by atoms with van der Waals surface area (Å²) < 4.78 is 5.67. The molecule has 82 valence electrons. The molecule has 1 aliphatic heterocycles. The van der Waals surface area contributed by atoms with Crippen LogP contribution in [0.4, 0.5) is 11.5 Å². The number of rotatable bonds is 3. The van der Waals surface area contributed by atoms with Crippen LogP contribution in [0.2, 0.25) is 0 Å². The first kappa shape index (κ1) is 10.2. The molecule has 0 spiro atoms. The van der Waals surface area contributed by atoms with E-state index in [0.29, 0.717) is 0 Å². The highest BCUT2D eigenvalue weighted by atomic mass is 16.5. The summed E-state index contributed by atoms with van der Waals surface area (Å²) >= 11 is 0. The third-order valence-electron chi connectivity index (χ3n) is 2.73. The number of pyridine rings is 1. The lowest BCUT2D eigenvalue weighted by Gasteiger charge is -2.23. The van der Waals surface area contributed by atoms with Gasteiger partial charge in [0.2, 0.25) is 0 Å². The molecule has 0 aromatic carbocycles. The molecule has 1 saturated heterocycles. The third-order valence-corrected chi connectivity index (χ3v) is 2.73. The van der Waals surface area contributed by atoms with Gasteiger partial charge in [0.15, 0.2) is 0 Å². The number of anilines is 2. The summed E-state index contributed by atoms with van der Waals surface area (Å²) in [4.78, 5) is 4.18. The van der Waals surface area contributed by atoms with Crippen molar-refractivity contribution in [1.29, 1.82) is 0 Å². The van der Waals surface area contributed by atoms with E-state index >= 15 is 0 Å². The fourth-order valence-corrected chi connectivity index (χ4v) is 1.80. The van der Waals surface area contributed by atoms with E-state index in [-0.39, 0.29) is 5.60 Å². The summed E-state index contributed by atoms with van der Waals surface area (Å²) in [6.07, 6.45) is 3.94. The molecule has 0 bridgehead atoms. The van der Waals surface area contributed by atoms with Crippen molar-refractivity contribution in [3.05, 3.63) is 18.3 Å². The van der Waals surface area contributed by atoms with Crippen LogP contribution in [0, 0.1) is 0 Å². The standard InChI is InChI=1S/C11H17N3O/c1-11(4-2-6-15-11)8-14-10-7-9(12)3-5-13-10/h3,5,7H,2,4,6,8H2,1H3,(H3,12,13,14). The number of aromatic nitrogens is 1. The van der Waals surface area contributed by atoms with Crippen LogP contribution in [0.25, 0.3) is 0 Å². The van der Waals surface area contributed by atoms with Gasteiger partial charge >= 0.3 is 0 Å². The molecule has 1 aromatic heterocycles. The lowest BCUT2D eigenvalue weighted by molar-refractivity contribution is 0.0315. The predicted molar refractivity (Wildman–Crippen MR) is 60.7 cm³/mol. The van der Waals surface area contributed by atoms with Crippen LogP contribution in [0.1, 0.15) is 19.8 Å². The summed E-state index contributed by atoms with van der Waals surface area (Å²) in [6, 6.07) is 3.61. The first-order valence-electron chi connectivity index (χ1n) is 5.27. The average molecular weight is 207 g/mol. The van der Waals surface area contributed by atoms with Crippen LogP contribution in [-0.2, 0) is 4.74 Å². The summed E-state index contributed by atoms with van der Waals surface area (Å²) in [6.45, 7) is 3.77.